The fourth-order valence-electron chi connectivity index (χ4n) is 2.72. The van der Waals surface area contributed by atoms with E-state index in [0.717, 1.165) is 15.7 Å². The van der Waals surface area contributed by atoms with Crippen molar-refractivity contribution in [3.63, 3.8) is 0 Å². The molecule has 8 heteroatoms. The van der Waals surface area contributed by atoms with Crippen molar-refractivity contribution in [1.82, 2.24) is 20.1 Å². The first kappa shape index (κ1) is 17.2. The molecule has 0 aliphatic carbocycles. The topological polar surface area (TPSA) is 69.0 Å². The Morgan fingerprint density at radius 3 is 2.62 bits per heavy atom. The van der Waals surface area contributed by atoms with E-state index < -0.39 is 12.3 Å². The Hall–Kier alpha value is -2.22. The first-order valence-electron chi connectivity index (χ1n) is 7.94. The molecule has 1 aliphatic heterocycles. The third kappa shape index (κ3) is 3.25. The Labute approximate surface area is 163 Å². The van der Waals surface area contributed by atoms with Crippen molar-refractivity contribution in [3.8, 4) is 17.1 Å². The molecule has 1 fully saturated rings. The molecule has 1 saturated heterocycles. The summed E-state index contributed by atoms with van der Waals surface area (Å²) in [5.41, 5.74) is 2.90. The normalized spacial score (nSPS) is 19.6. The molecule has 3 aromatic rings. The van der Waals surface area contributed by atoms with E-state index in [1.807, 2.05) is 30.5 Å². The zero-order chi connectivity index (χ0) is 18.3. The summed E-state index contributed by atoms with van der Waals surface area (Å²) in [6, 6.07) is 11.3. The third-order valence-electron chi connectivity index (χ3n) is 4.07. The summed E-state index contributed by atoms with van der Waals surface area (Å²) in [6.45, 7) is 1.72. The predicted molar refractivity (Wildman–Crippen MR) is 101 cm³/mol. The highest BCUT2D eigenvalue weighted by Crippen LogP contribution is 2.31. The van der Waals surface area contributed by atoms with Gasteiger partial charge in [0, 0.05) is 22.4 Å². The smallest absolute Gasteiger partial charge is 0.251 e. The van der Waals surface area contributed by atoms with Crippen LogP contribution in [0.25, 0.3) is 17.1 Å². The zero-order valence-corrected chi connectivity index (χ0v) is 16.0. The summed E-state index contributed by atoms with van der Waals surface area (Å²) in [4.78, 5) is 16.2. The highest BCUT2D eigenvalue weighted by molar-refractivity contribution is 9.10. The van der Waals surface area contributed by atoms with Gasteiger partial charge in [0.05, 0.1) is 16.4 Å². The van der Waals surface area contributed by atoms with Gasteiger partial charge in [-0.25, -0.2) is 4.68 Å². The van der Waals surface area contributed by atoms with Crippen molar-refractivity contribution in [2.24, 2.45) is 0 Å². The molecule has 4 rings (SSSR count). The highest BCUT2D eigenvalue weighted by atomic mass is 79.9. The molecule has 132 valence electrons. The summed E-state index contributed by atoms with van der Waals surface area (Å²) in [5, 5.41) is 8.05. The summed E-state index contributed by atoms with van der Waals surface area (Å²) in [5.74, 6) is -0.151. The highest BCUT2D eigenvalue weighted by Gasteiger charge is 2.33. The number of nitrogens with zero attached hydrogens (tertiary/aromatic N) is 3. The monoisotopic (exact) mass is 432 g/mol. The second-order valence-electron chi connectivity index (χ2n) is 5.88. The second kappa shape index (κ2) is 6.83. The standard InChI is InChI=1S/C18H14BrClN4O2/c1-10-17(25)22-18(26-10)14-9-24(13-5-2-11(19)3-6-13)23-16(14)15-7-4-12(20)8-21-15/h2-10,18H,1H3,(H,22,25)/t10-,18-/m1/s1. The van der Waals surface area contributed by atoms with Crippen molar-refractivity contribution in [1.29, 1.82) is 0 Å². The number of pyridine rings is 1. The van der Waals surface area contributed by atoms with Crippen molar-refractivity contribution in [3.05, 3.63) is 63.9 Å². The fourth-order valence-corrected chi connectivity index (χ4v) is 3.09. The molecular formula is C18H14BrClN4O2. The molecule has 1 aromatic carbocycles. The maximum absolute atomic E-state index is 11.9. The lowest BCUT2D eigenvalue weighted by molar-refractivity contribution is -0.122. The van der Waals surface area contributed by atoms with E-state index in [1.54, 1.807) is 29.9 Å². The number of carbonyl (C=O) groups excluding carboxylic acids is 1. The molecule has 2 aromatic heterocycles. The van der Waals surface area contributed by atoms with Gasteiger partial charge < -0.3 is 10.1 Å². The number of carbonyl (C=O) groups is 1. The van der Waals surface area contributed by atoms with E-state index in [2.05, 4.69) is 31.3 Å². The molecule has 0 spiro atoms. The average Bonchev–Trinajstić information content (AvgIpc) is 3.20. The summed E-state index contributed by atoms with van der Waals surface area (Å²) in [6.07, 6.45) is 2.32. The molecule has 0 unspecified atom stereocenters. The summed E-state index contributed by atoms with van der Waals surface area (Å²) >= 11 is 9.37. The number of halogens is 2. The maximum Gasteiger partial charge on any atom is 0.251 e. The van der Waals surface area contributed by atoms with Crippen LogP contribution in [0.3, 0.4) is 0 Å². The summed E-state index contributed by atoms with van der Waals surface area (Å²) in [7, 11) is 0. The minimum Gasteiger partial charge on any atom is -0.341 e. The van der Waals surface area contributed by atoms with E-state index in [9.17, 15) is 4.79 Å². The molecule has 0 bridgehead atoms. The number of aromatic nitrogens is 3. The SMILES string of the molecule is C[C@H]1O[C@H](c2cn(-c3ccc(Br)cc3)nc2-c2ccc(Cl)cn2)NC1=O. The van der Waals surface area contributed by atoms with Crippen LogP contribution in [-0.2, 0) is 9.53 Å². The van der Waals surface area contributed by atoms with Gasteiger partial charge in [0.2, 0.25) is 0 Å². The number of hydrogen-bond acceptors (Lipinski definition) is 4. The van der Waals surface area contributed by atoms with Gasteiger partial charge in [-0.15, -0.1) is 0 Å². The Bertz CT molecular complexity index is 956. The van der Waals surface area contributed by atoms with Crippen molar-refractivity contribution < 1.29 is 9.53 Å². The van der Waals surface area contributed by atoms with Gasteiger partial charge in [0.15, 0.2) is 6.23 Å². The quantitative estimate of drug-likeness (QED) is 0.680. The fraction of sp³-hybridized carbons (Fsp3) is 0.167. The predicted octanol–water partition coefficient (Wildman–Crippen LogP) is 3.88. The Balaban J connectivity index is 1.81. The van der Waals surface area contributed by atoms with Crippen molar-refractivity contribution in [2.75, 3.05) is 0 Å². The van der Waals surface area contributed by atoms with Crippen LogP contribution in [0.15, 0.2) is 53.3 Å². The Kier molecular flexibility index (Phi) is 4.52. The molecule has 26 heavy (non-hydrogen) atoms. The van der Waals surface area contributed by atoms with Crippen LogP contribution in [0, 0.1) is 0 Å². The van der Waals surface area contributed by atoms with E-state index >= 15 is 0 Å². The first-order chi connectivity index (χ1) is 12.5. The lowest BCUT2D eigenvalue weighted by Gasteiger charge is -2.09. The molecule has 3 heterocycles. The van der Waals surface area contributed by atoms with Gasteiger partial charge in [-0.2, -0.15) is 5.10 Å². The van der Waals surface area contributed by atoms with E-state index in [1.165, 1.54) is 0 Å². The number of amides is 1. The number of benzene rings is 1. The lowest BCUT2D eigenvalue weighted by Crippen LogP contribution is -2.22. The maximum atomic E-state index is 11.9. The van der Waals surface area contributed by atoms with Crippen LogP contribution in [-0.4, -0.2) is 26.8 Å². The summed E-state index contributed by atoms with van der Waals surface area (Å²) < 4.78 is 8.46. The molecule has 0 saturated carbocycles. The first-order valence-corrected chi connectivity index (χ1v) is 9.11. The van der Waals surface area contributed by atoms with E-state index in [4.69, 9.17) is 16.3 Å². The van der Waals surface area contributed by atoms with Crippen LogP contribution in [0.5, 0.6) is 0 Å². The molecule has 6 nitrogen and oxygen atoms in total. The molecule has 1 aliphatic rings. The average molecular weight is 434 g/mol. The van der Waals surface area contributed by atoms with Crippen LogP contribution in [0.4, 0.5) is 0 Å². The lowest BCUT2D eigenvalue weighted by atomic mass is 10.1. The molecule has 0 radical (unpaired) electrons. The van der Waals surface area contributed by atoms with E-state index in [-0.39, 0.29) is 5.91 Å². The molecule has 1 amide bonds. The number of ether oxygens (including phenoxy) is 1. The third-order valence-corrected chi connectivity index (χ3v) is 4.82. The Morgan fingerprint density at radius 2 is 2.00 bits per heavy atom. The second-order valence-corrected chi connectivity index (χ2v) is 7.23. The van der Waals surface area contributed by atoms with Crippen LogP contribution < -0.4 is 5.32 Å². The van der Waals surface area contributed by atoms with Gasteiger partial charge in [-0.3, -0.25) is 9.78 Å². The van der Waals surface area contributed by atoms with Gasteiger partial charge in [0.1, 0.15) is 11.8 Å². The van der Waals surface area contributed by atoms with Gasteiger partial charge in [-0.1, -0.05) is 27.5 Å². The number of rotatable bonds is 3. The van der Waals surface area contributed by atoms with Crippen LogP contribution >= 0.6 is 27.5 Å². The molecular weight excluding hydrogens is 420 g/mol. The minimum absolute atomic E-state index is 0.151. The van der Waals surface area contributed by atoms with E-state index in [0.29, 0.717) is 16.4 Å². The van der Waals surface area contributed by atoms with Gasteiger partial charge in [-0.05, 0) is 43.3 Å². The van der Waals surface area contributed by atoms with Gasteiger partial charge >= 0.3 is 0 Å². The largest absolute Gasteiger partial charge is 0.341 e. The number of nitrogens with one attached hydrogen (secondary N) is 1. The van der Waals surface area contributed by atoms with Crippen molar-refractivity contribution >= 4 is 33.4 Å². The van der Waals surface area contributed by atoms with Crippen LogP contribution in [0.2, 0.25) is 5.02 Å². The number of hydrogen-bond donors (Lipinski definition) is 1. The molecule has 1 N–H and O–H groups in total. The van der Waals surface area contributed by atoms with Crippen LogP contribution in [0.1, 0.15) is 18.7 Å². The zero-order valence-electron chi connectivity index (χ0n) is 13.7. The Morgan fingerprint density at radius 1 is 1.23 bits per heavy atom. The minimum atomic E-state index is -0.575. The molecule has 2 atom stereocenters. The van der Waals surface area contributed by atoms with Crippen molar-refractivity contribution in [2.45, 2.75) is 19.3 Å². The van der Waals surface area contributed by atoms with Gasteiger partial charge in [0.25, 0.3) is 5.91 Å².